The zero-order valence-corrected chi connectivity index (χ0v) is 14.1. The molecule has 2 aromatic heterocycles. The lowest BCUT2D eigenvalue weighted by Gasteiger charge is -2.13. The van der Waals surface area contributed by atoms with Crippen LogP contribution in [0.3, 0.4) is 0 Å². The van der Waals surface area contributed by atoms with Crippen LogP contribution in [0.25, 0.3) is 21.9 Å². The van der Waals surface area contributed by atoms with Crippen molar-refractivity contribution in [2.45, 2.75) is 19.6 Å². The van der Waals surface area contributed by atoms with Crippen molar-refractivity contribution in [1.29, 1.82) is 0 Å². The second kappa shape index (κ2) is 6.53. The lowest BCUT2D eigenvalue weighted by Crippen LogP contribution is -2.18. The summed E-state index contributed by atoms with van der Waals surface area (Å²) in [4.78, 5) is 9.23. The number of hydrogen-bond acceptors (Lipinski definition) is 4. The first-order valence-corrected chi connectivity index (χ1v) is 8.42. The molecule has 2 N–H and O–H groups in total. The lowest BCUT2D eigenvalue weighted by molar-refractivity contribution is 0.208. The Bertz CT molecular complexity index is 1020. The Balaban J connectivity index is 1.80. The third kappa shape index (κ3) is 3.06. The molecule has 25 heavy (non-hydrogen) atoms. The fraction of sp³-hybridized carbons (Fsp3) is 0.200. The number of aromatic nitrogens is 3. The Labute approximate surface area is 146 Å². The highest BCUT2D eigenvalue weighted by Gasteiger charge is 2.12. The van der Waals surface area contributed by atoms with Gasteiger partial charge in [-0.2, -0.15) is 0 Å². The summed E-state index contributed by atoms with van der Waals surface area (Å²) in [6, 6.07) is 18.3. The largest absolute Gasteiger partial charge is 0.392 e. The van der Waals surface area contributed by atoms with Crippen molar-refractivity contribution in [3.8, 4) is 0 Å². The van der Waals surface area contributed by atoms with Gasteiger partial charge in [0.05, 0.1) is 29.2 Å². The number of pyridine rings is 1. The molecule has 0 amide bonds. The van der Waals surface area contributed by atoms with E-state index in [0.717, 1.165) is 33.4 Å². The van der Waals surface area contributed by atoms with E-state index in [0.29, 0.717) is 13.1 Å². The molecule has 0 bridgehead atoms. The van der Waals surface area contributed by atoms with E-state index in [1.54, 1.807) is 6.92 Å². The summed E-state index contributed by atoms with van der Waals surface area (Å²) in [7, 11) is 0. The Morgan fingerprint density at radius 3 is 2.80 bits per heavy atom. The van der Waals surface area contributed by atoms with Gasteiger partial charge in [0.2, 0.25) is 5.95 Å². The predicted octanol–water partition coefficient (Wildman–Crippen LogP) is 3.43. The minimum Gasteiger partial charge on any atom is -0.392 e. The molecule has 5 heteroatoms. The van der Waals surface area contributed by atoms with Gasteiger partial charge in [0.25, 0.3) is 0 Å². The first kappa shape index (κ1) is 15.6. The summed E-state index contributed by atoms with van der Waals surface area (Å²) < 4.78 is 2.14. The summed E-state index contributed by atoms with van der Waals surface area (Å²) in [5.74, 6) is 0.759. The molecule has 1 unspecified atom stereocenters. The van der Waals surface area contributed by atoms with E-state index in [9.17, 15) is 5.11 Å². The highest BCUT2D eigenvalue weighted by Crippen LogP contribution is 2.24. The van der Waals surface area contributed by atoms with Crippen LogP contribution in [-0.2, 0) is 6.54 Å². The lowest BCUT2D eigenvalue weighted by atomic mass is 10.1. The van der Waals surface area contributed by atoms with Crippen molar-refractivity contribution in [2.24, 2.45) is 0 Å². The van der Waals surface area contributed by atoms with Gasteiger partial charge in [0.1, 0.15) is 0 Å². The molecular formula is C20H20N4O. The normalized spacial score (nSPS) is 12.6. The van der Waals surface area contributed by atoms with Crippen LogP contribution in [-0.4, -0.2) is 32.3 Å². The van der Waals surface area contributed by atoms with E-state index in [1.165, 1.54) is 0 Å². The number of nitrogens with one attached hydrogen (secondary N) is 1. The van der Waals surface area contributed by atoms with E-state index < -0.39 is 6.10 Å². The van der Waals surface area contributed by atoms with E-state index in [1.807, 2.05) is 30.5 Å². The topological polar surface area (TPSA) is 63.0 Å². The van der Waals surface area contributed by atoms with E-state index in [4.69, 9.17) is 0 Å². The van der Waals surface area contributed by atoms with Crippen LogP contribution in [0.2, 0.25) is 0 Å². The molecule has 2 heterocycles. The van der Waals surface area contributed by atoms with Crippen LogP contribution in [0.5, 0.6) is 0 Å². The van der Waals surface area contributed by atoms with Gasteiger partial charge in [-0.3, -0.25) is 4.98 Å². The van der Waals surface area contributed by atoms with Gasteiger partial charge in [-0.25, -0.2) is 4.98 Å². The maximum Gasteiger partial charge on any atom is 0.204 e. The number of anilines is 1. The summed E-state index contributed by atoms with van der Waals surface area (Å²) in [5, 5.41) is 14.0. The highest BCUT2D eigenvalue weighted by atomic mass is 16.3. The van der Waals surface area contributed by atoms with Gasteiger partial charge in [-0.05, 0) is 30.7 Å². The SMILES string of the molecule is CC(O)CNc1nc2ccccc2n1Cc1cccc2cccnc12. The van der Waals surface area contributed by atoms with Crippen LogP contribution in [0, 0.1) is 0 Å². The van der Waals surface area contributed by atoms with Gasteiger partial charge in [-0.15, -0.1) is 0 Å². The number of imidazole rings is 1. The number of nitrogens with zero attached hydrogens (tertiary/aromatic N) is 3. The van der Waals surface area contributed by atoms with Crippen LogP contribution in [0.4, 0.5) is 5.95 Å². The van der Waals surface area contributed by atoms with Gasteiger partial charge in [-0.1, -0.05) is 36.4 Å². The van der Waals surface area contributed by atoms with Gasteiger partial charge in [0, 0.05) is 18.1 Å². The van der Waals surface area contributed by atoms with Crippen molar-refractivity contribution < 1.29 is 5.11 Å². The maximum atomic E-state index is 9.60. The van der Waals surface area contributed by atoms with Crippen molar-refractivity contribution in [2.75, 3.05) is 11.9 Å². The Morgan fingerprint density at radius 1 is 1.08 bits per heavy atom. The van der Waals surface area contributed by atoms with Crippen LogP contribution in [0.1, 0.15) is 12.5 Å². The van der Waals surface area contributed by atoms with Crippen LogP contribution in [0.15, 0.2) is 60.8 Å². The second-order valence-electron chi connectivity index (χ2n) is 6.23. The molecule has 0 spiro atoms. The maximum absolute atomic E-state index is 9.60. The summed E-state index contributed by atoms with van der Waals surface area (Å²) in [5.41, 5.74) is 4.14. The van der Waals surface area contributed by atoms with Gasteiger partial charge < -0.3 is 15.0 Å². The smallest absolute Gasteiger partial charge is 0.204 e. The number of rotatable bonds is 5. The summed E-state index contributed by atoms with van der Waals surface area (Å²) in [6.45, 7) is 2.88. The molecule has 0 aliphatic heterocycles. The van der Waals surface area contributed by atoms with Crippen molar-refractivity contribution >= 4 is 27.9 Å². The van der Waals surface area contributed by atoms with Crippen molar-refractivity contribution in [1.82, 2.24) is 14.5 Å². The Hall–Kier alpha value is -2.92. The standard InChI is InChI=1S/C20H20N4O/c1-14(25)12-22-20-23-17-9-2-3-10-18(17)24(20)13-16-7-4-6-15-8-5-11-21-19(15)16/h2-11,14,25H,12-13H2,1H3,(H,22,23). The van der Waals surface area contributed by atoms with Gasteiger partial charge >= 0.3 is 0 Å². The van der Waals surface area contributed by atoms with Crippen molar-refractivity contribution in [3.63, 3.8) is 0 Å². The fourth-order valence-corrected chi connectivity index (χ4v) is 3.07. The predicted molar refractivity (Wildman–Crippen MR) is 101 cm³/mol. The zero-order valence-electron chi connectivity index (χ0n) is 14.1. The number of benzene rings is 2. The summed E-state index contributed by atoms with van der Waals surface area (Å²) >= 11 is 0. The monoisotopic (exact) mass is 332 g/mol. The molecule has 0 saturated heterocycles. The molecule has 2 aromatic carbocycles. The molecule has 5 nitrogen and oxygen atoms in total. The van der Waals surface area contributed by atoms with Gasteiger partial charge in [0.15, 0.2) is 0 Å². The molecule has 0 fully saturated rings. The van der Waals surface area contributed by atoms with Crippen LogP contribution >= 0.6 is 0 Å². The minimum absolute atomic E-state index is 0.438. The van der Waals surface area contributed by atoms with E-state index in [2.05, 4.69) is 50.2 Å². The Kier molecular flexibility index (Phi) is 4.07. The molecular weight excluding hydrogens is 312 g/mol. The number of fused-ring (bicyclic) bond motifs is 2. The fourth-order valence-electron chi connectivity index (χ4n) is 3.07. The highest BCUT2D eigenvalue weighted by molar-refractivity contribution is 5.83. The number of para-hydroxylation sites is 3. The summed E-state index contributed by atoms with van der Waals surface area (Å²) in [6.07, 6.45) is 1.39. The molecule has 0 aliphatic rings. The Morgan fingerprint density at radius 2 is 1.92 bits per heavy atom. The molecule has 4 aromatic rings. The molecule has 126 valence electrons. The average Bonchev–Trinajstić information content (AvgIpc) is 2.98. The minimum atomic E-state index is -0.438. The quantitative estimate of drug-likeness (QED) is 0.588. The average molecular weight is 332 g/mol. The van der Waals surface area contributed by atoms with Crippen molar-refractivity contribution in [3.05, 3.63) is 66.4 Å². The van der Waals surface area contributed by atoms with E-state index >= 15 is 0 Å². The number of aliphatic hydroxyl groups excluding tert-OH is 1. The molecule has 4 rings (SSSR count). The number of hydrogen-bond donors (Lipinski definition) is 2. The third-order valence-electron chi connectivity index (χ3n) is 4.25. The molecule has 1 atom stereocenters. The first-order chi connectivity index (χ1) is 12.2. The zero-order chi connectivity index (χ0) is 17.2. The molecule has 0 aliphatic carbocycles. The van der Waals surface area contributed by atoms with E-state index in [-0.39, 0.29) is 0 Å². The molecule has 0 radical (unpaired) electrons. The first-order valence-electron chi connectivity index (χ1n) is 8.42. The third-order valence-corrected chi connectivity index (χ3v) is 4.25. The number of aliphatic hydroxyl groups is 1. The van der Waals surface area contributed by atoms with Crippen LogP contribution < -0.4 is 5.32 Å². The molecule has 0 saturated carbocycles. The second-order valence-corrected chi connectivity index (χ2v) is 6.23.